The molecule has 0 amide bonds. The third-order valence-electron chi connectivity index (χ3n) is 3.90. The number of anilines is 1. The molecule has 1 aromatic heterocycles. The minimum absolute atomic E-state index is 0.169. The van der Waals surface area contributed by atoms with Crippen molar-refractivity contribution in [2.24, 2.45) is 5.73 Å². The number of pyridine rings is 1. The van der Waals surface area contributed by atoms with Crippen LogP contribution in [0.3, 0.4) is 0 Å². The fourth-order valence-electron chi connectivity index (χ4n) is 2.56. The molecule has 2 rings (SSSR count). The lowest BCUT2D eigenvalue weighted by Gasteiger charge is -2.29. The zero-order chi connectivity index (χ0) is 15.6. The van der Waals surface area contributed by atoms with Gasteiger partial charge in [0.15, 0.2) is 0 Å². The number of nitrogens with zero attached hydrogens (tertiary/aromatic N) is 2. The van der Waals surface area contributed by atoms with Crippen molar-refractivity contribution in [2.75, 3.05) is 11.9 Å². The standard InChI is InChI=1S/C17H22ClN3/c1-11-8-12(2)20-17(16(11)10-19)21(4)13(3)14-6-5-7-15(18)9-14/h5-9,13H,10,19H2,1-4H3. The number of halogens is 1. The van der Waals surface area contributed by atoms with Gasteiger partial charge in [-0.3, -0.25) is 0 Å². The molecule has 0 aliphatic heterocycles. The number of rotatable bonds is 4. The van der Waals surface area contributed by atoms with E-state index < -0.39 is 0 Å². The van der Waals surface area contributed by atoms with E-state index >= 15 is 0 Å². The van der Waals surface area contributed by atoms with Crippen LogP contribution in [0.15, 0.2) is 30.3 Å². The maximum Gasteiger partial charge on any atom is 0.133 e. The minimum atomic E-state index is 0.169. The molecule has 1 heterocycles. The first-order chi connectivity index (χ1) is 9.93. The molecular formula is C17H22ClN3. The third-order valence-corrected chi connectivity index (χ3v) is 4.14. The highest BCUT2D eigenvalue weighted by Gasteiger charge is 2.18. The van der Waals surface area contributed by atoms with Gasteiger partial charge in [0, 0.05) is 29.9 Å². The van der Waals surface area contributed by atoms with Gasteiger partial charge in [0.05, 0.1) is 6.04 Å². The van der Waals surface area contributed by atoms with E-state index in [-0.39, 0.29) is 6.04 Å². The molecule has 0 fully saturated rings. The smallest absolute Gasteiger partial charge is 0.133 e. The Morgan fingerprint density at radius 1 is 1.29 bits per heavy atom. The topological polar surface area (TPSA) is 42.1 Å². The fraction of sp³-hybridized carbons (Fsp3) is 0.353. The van der Waals surface area contributed by atoms with Crippen LogP contribution < -0.4 is 10.6 Å². The van der Waals surface area contributed by atoms with Crippen molar-refractivity contribution < 1.29 is 0 Å². The van der Waals surface area contributed by atoms with Gasteiger partial charge in [-0.25, -0.2) is 4.98 Å². The Bertz CT molecular complexity index is 640. The Balaban J connectivity index is 2.42. The molecule has 0 saturated heterocycles. The molecule has 0 bridgehead atoms. The van der Waals surface area contributed by atoms with Crippen molar-refractivity contribution in [3.05, 3.63) is 57.7 Å². The van der Waals surface area contributed by atoms with E-state index in [1.165, 1.54) is 5.56 Å². The van der Waals surface area contributed by atoms with Crippen molar-refractivity contribution in [1.29, 1.82) is 0 Å². The van der Waals surface area contributed by atoms with Gasteiger partial charge in [-0.1, -0.05) is 23.7 Å². The molecule has 2 N–H and O–H groups in total. The molecule has 0 aliphatic carbocycles. The van der Waals surface area contributed by atoms with Crippen LogP contribution in [-0.4, -0.2) is 12.0 Å². The zero-order valence-corrected chi connectivity index (χ0v) is 13.8. The number of hydrogen-bond donors (Lipinski definition) is 1. The summed E-state index contributed by atoms with van der Waals surface area (Å²) in [7, 11) is 2.05. The van der Waals surface area contributed by atoms with Crippen molar-refractivity contribution >= 4 is 17.4 Å². The number of nitrogens with two attached hydrogens (primary N) is 1. The van der Waals surface area contributed by atoms with E-state index in [2.05, 4.69) is 35.9 Å². The van der Waals surface area contributed by atoms with Crippen LogP contribution in [0.25, 0.3) is 0 Å². The predicted octanol–water partition coefficient (Wildman–Crippen LogP) is 4.01. The summed E-state index contributed by atoms with van der Waals surface area (Å²) in [5.41, 5.74) is 10.4. The van der Waals surface area contributed by atoms with E-state index in [9.17, 15) is 0 Å². The first-order valence-corrected chi connectivity index (χ1v) is 7.47. The molecular weight excluding hydrogens is 282 g/mol. The first kappa shape index (κ1) is 15.8. The molecule has 3 nitrogen and oxygen atoms in total. The Morgan fingerprint density at radius 3 is 2.62 bits per heavy atom. The van der Waals surface area contributed by atoms with E-state index in [0.717, 1.165) is 27.7 Å². The van der Waals surface area contributed by atoms with E-state index in [1.807, 2.05) is 32.2 Å². The number of aromatic nitrogens is 1. The first-order valence-electron chi connectivity index (χ1n) is 7.09. The van der Waals surface area contributed by atoms with E-state index in [0.29, 0.717) is 6.54 Å². The maximum absolute atomic E-state index is 6.09. The highest BCUT2D eigenvalue weighted by Crippen LogP contribution is 2.29. The molecule has 4 heteroatoms. The highest BCUT2D eigenvalue weighted by atomic mass is 35.5. The summed E-state index contributed by atoms with van der Waals surface area (Å²) in [6.45, 7) is 6.72. The summed E-state index contributed by atoms with van der Waals surface area (Å²) >= 11 is 6.09. The second-order valence-electron chi connectivity index (χ2n) is 5.43. The molecule has 1 atom stereocenters. The normalized spacial score (nSPS) is 12.3. The quantitative estimate of drug-likeness (QED) is 0.928. The van der Waals surface area contributed by atoms with Crippen LogP contribution in [0.4, 0.5) is 5.82 Å². The lowest BCUT2D eigenvalue weighted by molar-refractivity contribution is 0.720. The minimum Gasteiger partial charge on any atom is -0.353 e. The van der Waals surface area contributed by atoms with Crippen LogP contribution in [-0.2, 0) is 6.54 Å². The van der Waals surface area contributed by atoms with Gasteiger partial charge in [-0.15, -0.1) is 0 Å². The molecule has 0 aliphatic rings. The van der Waals surface area contributed by atoms with Crippen molar-refractivity contribution in [1.82, 2.24) is 4.98 Å². The average molecular weight is 304 g/mol. The summed E-state index contributed by atoms with van der Waals surface area (Å²) < 4.78 is 0. The van der Waals surface area contributed by atoms with Crippen LogP contribution in [0.2, 0.25) is 5.02 Å². The monoisotopic (exact) mass is 303 g/mol. The average Bonchev–Trinajstić information content (AvgIpc) is 2.45. The number of benzene rings is 1. The molecule has 1 unspecified atom stereocenters. The number of aryl methyl sites for hydroxylation is 2. The summed E-state index contributed by atoms with van der Waals surface area (Å²) in [6, 6.07) is 10.2. The Morgan fingerprint density at radius 2 is 2.00 bits per heavy atom. The molecule has 0 radical (unpaired) electrons. The van der Waals surface area contributed by atoms with Crippen LogP contribution >= 0.6 is 11.6 Å². The second kappa shape index (κ2) is 6.46. The summed E-state index contributed by atoms with van der Waals surface area (Å²) in [4.78, 5) is 6.85. The zero-order valence-electron chi connectivity index (χ0n) is 13.0. The van der Waals surface area contributed by atoms with E-state index in [4.69, 9.17) is 17.3 Å². The largest absolute Gasteiger partial charge is 0.353 e. The fourth-order valence-corrected chi connectivity index (χ4v) is 2.76. The molecule has 1 aromatic carbocycles. The van der Waals surface area contributed by atoms with Crippen LogP contribution in [0, 0.1) is 13.8 Å². The lowest BCUT2D eigenvalue weighted by atomic mass is 10.0. The van der Waals surface area contributed by atoms with Gasteiger partial charge in [0.1, 0.15) is 5.82 Å². The second-order valence-corrected chi connectivity index (χ2v) is 5.87. The maximum atomic E-state index is 6.09. The third kappa shape index (κ3) is 3.36. The van der Waals surface area contributed by atoms with Gasteiger partial charge >= 0.3 is 0 Å². The lowest BCUT2D eigenvalue weighted by Crippen LogP contribution is -2.25. The van der Waals surface area contributed by atoms with Gasteiger partial charge in [-0.05, 0) is 50.1 Å². The number of hydrogen-bond acceptors (Lipinski definition) is 3. The molecule has 0 spiro atoms. The Labute approximate surface area is 131 Å². The van der Waals surface area contributed by atoms with Crippen molar-refractivity contribution in [3.8, 4) is 0 Å². The summed E-state index contributed by atoms with van der Waals surface area (Å²) in [5, 5.41) is 0.750. The molecule has 0 saturated carbocycles. The van der Waals surface area contributed by atoms with Gasteiger partial charge in [0.25, 0.3) is 0 Å². The van der Waals surface area contributed by atoms with Crippen molar-refractivity contribution in [2.45, 2.75) is 33.4 Å². The van der Waals surface area contributed by atoms with Crippen LogP contribution in [0.1, 0.15) is 35.3 Å². The van der Waals surface area contributed by atoms with E-state index in [1.54, 1.807) is 0 Å². The Hall–Kier alpha value is -1.58. The van der Waals surface area contributed by atoms with Gasteiger partial charge < -0.3 is 10.6 Å². The van der Waals surface area contributed by atoms with Crippen LogP contribution in [0.5, 0.6) is 0 Å². The summed E-state index contributed by atoms with van der Waals surface area (Å²) in [5.74, 6) is 0.947. The Kier molecular flexibility index (Phi) is 4.86. The highest BCUT2D eigenvalue weighted by molar-refractivity contribution is 6.30. The SMILES string of the molecule is Cc1cc(C)c(CN)c(N(C)C(C)c2cccc(Cl)c2)n1. The molecule has 21 heavy (non-hydrogen) atoms. The molecule has 2 aromatic rings. The predicted molar refractivity (Wildman–Crippen MR) is 89.9 cm³/mol. The summed E-state index contributed by atoms with van der Waals surface area (Å²) in [6.07, 6.45) is 0. The van der Waals surface area contributed by atoms with Gasteiger partial charge in [-0.2, -0.15) is 0 Å². The van der Waals surface area contributed by atoms with Gasteiger partial charge in [0.2, 0.25) is 0 Å². The molecule has 112 valence electrons. The van der Waals surface area contributed by atoms with Crippen molar-refractivity contribution in [3.63, 3.8) is 0 Å².